The van der Waals surface area contributed by atoms with Crippen molar-refractivity contribution >= 4 is 38.1 Å². The highest BCUT2D eigenvalue weighted by Gasteiger charge is 2.18. The average molecular weight is 481 g/mol. The fourth-order valence-corrected chi connectivity index (χ4v) is 4.49. The monoisotopic (exact) mass is 480 g/mol. The Labute approximate surface area is 195 Å². The second-order valence-electron chi connectivity index (χ2n) is 7.11. The minimum absolute atomic E-state index is 0.101. The lowest BCUT2D eigenvalue weighted by Crippen LogP contribution is -2.22. The number of ether oxygens (including phenoxy) is 1. The van der Waals surface area contributed by atoms with E-state index < -0.39 is 16.0 Å². The summed E-state index contributed by atoms with van der Waals surface area (Å²) in [5.74, 6) is -0.246. The topological polar surface area (TPSA) is 101 Å². The number of anilines is 2. The molecule has 0 radical (unpaired) electrons. The van der Waals surface area contributed by atoms with Crippen molar-refractivity contribution in [3.05, 3.63) is 83.9 Å². The van der Waals surface area contributed by atoms with E-state index in [0.29, 0.717) is 16.6 Å². The van der Waals surface area contributed by atoms with E-state index in [1.54, 1.807) is 24.4 Å². The molecule has 4 rings (SSSR count). The summed E-state index contributed by atoms with van der Waals surface area (Å²) in [5.41, 5.74) is 2.50. The minimum atomic E-state index is -3.57. The quantitative estimate of drug-likeness (QED) is 0.309. The van der Waals surface area contributed by atoms with Crippen molar-refractivity contribution in [2.24, 2.45) is 0 Å². The summed E-state index contributed by atoms with van der Waals surface area (Å²) in [6.45, 7) is 0. The van der Waals surface area contributed by atoms with Crippen molar-refractivity contribution in [1.29, 1.82) is 0 Å². The molecular formula is C23H20N4O4S2. The van der Waals surface area contributed by atoms with Crippen molar-refractivity contribution in [3.8, 4) is 17.1 Å². The van der Waals surface area contributed by atoms with Crippen LogP contribution in [0.5, 0.6) is 5.75 Å². The van der Waals surface area contributed by atoms with E-state index >= 15 is 0 Å². The molecule has 0 fully saturated rings. The number of carbonyl (C=O) groups excluding carboxylic acids is 1. The maximum Gasteiger partial charge on any atom is 0.343 e. The number of nitrogens with one attached hydrogen (secondary N) is 1. The summed E-state index contributed by atoms with van der Waals surface area (Å²) in [6.07, 6.45) is 1.72. The summed E-state index contributed by atoms with van der Waals surface area (Å²) in [4.78, 5) is 21.5. The zero-order chi connectivity index (χ0) is 23.4. The van der Waals surface area contributed by atoms with Gasteiger partial charge in [-0.05, 0) is 48.5 Å². The molecule has 2 aromatic heterocycles. The number of hydrogen-bond acceptors (Lipinski definition) is 8. The molecular weight excluding hydrogens is 460 g/mol. The van der Waals surface area contributed by atoms with E-state index in [9.17, 15) is 13.2 Å². The molecule has 2 aromatic carbocycles. The van der Waals surface area contributed by atoms with Gasteiger partial charge in [-0.3, -0.25) is 4.98 Å². The number of carbonyl (C=O) groups is 1. The molecule has 4 aromatic rings. The summed E-state index contributed by atoms with van der Waals surface area (Å²) in [5, 5.41) is 5.79. The van der Waals surface area contributed by atoms with E-state index in [1.165, 1.54) is 49.7 Å². The van der Waals surface area contributed by atoms with Gasteiger partial charge in [0.2, 0.25) is 10.0 Å². The third-order valence-corrected chi connectivity index (χ3v) is 7.18. The highest BCUT2D eigenvalue weighted by Crippen LogP contribution is 2.27. The molecule has 0 bridgehead atoms. The summed E-state index contributed by atoms with van der Waals surface area (Å²) in [7, 11) is -0.670. The van der Waals surface area contributed by atoms with Gasteiger partial charge in [0.25, 0.3) is 0 Å². The Morgan fingerprint density at radius 2 is 1.79 bits per heavy atom. The highest BCUT2D eigenvalue weighted by atomic mass is 32.2. The van der Waals surface area contributed by atoms with Crippen LogP contribution in [0.1, 0.15) is 10.4 Å². The van der Waals surface area contributed by atoms with Gasteiger partial charge in [-0.1, -0.05) is 12.1 Å². The number of aromatic nitrogens is 2. The van der Waals surface area contributed by atoms with Crippen molar-refractivity contribution in [2.45, 2.75) is 4.90 Å². The van der Waals surface area contributed by atoms with E-state index in [0.717, 1.165) is 15.7 Å². The van der Waals surface area contributed by atoms with Crippen molar-refractivity contribution in [2.75, 3.05) is 19.4 Å². The molecule has 33 heavy (non-hydrogen) atoms. The Morgan fingerprint density at radius 3 is 2.48 bits per heavy atom. The lowest BCUT2D eigenvalue weighted by molar-refractivity contribution is 0.0735. The normalized spacial score (nSPS) is 11.4. The third-order valence-electron chi connectivity index (χ3n) is 4.60. The minimum Gasteiger partial charge on any atom is -0.423 e. The molecule has 0 saturated heterocycles. The van der Waals surface area contributed by atoms with Gasteiger partial charge in [0.1, 0.15) is 11.4 Å². The molecule has 0 aliphatic heterocycles. The third kappa shape index (κ3) is 5.25. The van der Waals surface area contributed by atoms with E-state index in [2.05, 4.69) is 15.3 Å². The average Bonchev–Trinajstić information content (AvgIpc) is 3.28. The van der Waals surface area contributed by atoms with Crippen LogP contribution in [0.25, 0.3) is 11.4 Å². The molecule has 168 valence electrons. The maximum atomic E-state index is 12.5. The number of thiazole rings is 1. The fourth-order valence-electron chi connectivity index (χ4n) is 2.86. The van der Waals surface area contributed by atoms with Crippen LogP contribution in [0, 0.1) is 0 Å². The van der Waals surface area contributed by atoms with Gasteiger partial charge in [0.15, 0.2) is 5.13 Å². The first-order valence-electron chi connectivity index (χ1n) is 9.82. The van der Waals surface area contributed by atoms with Gasteiger partial charge in [-0.15, -0.1) is 11.3 Å². The smallest absolute Gasteiger partial charge is 0.343 e. The molecule has 10 heteroatoms. The lowest BCUT2D eigenvalue weighted by atomic mass is 10.2. The molecule has 0 unspecified atom stereocenters. The first-order chi connectivity index (χ1) is 15.8. The number of benzene rings is 2. The van der Waals surface area contributed by atoms with Gasteiger partial charge < -0.3 is 10.1 Å². The summed E-state index contributed by atoms with van der Waals surface area (Å²) >= 11 is 1.44. The number of sulfonamides is 1. The molecule has 0 saturated carbocycles. The second kappa shape index (κ2) is 9.49. The SMILES string of the molecule is CN(C)S(=O)(=O)c1ccc(C(=O)Oc2cccc(Nc3nc(-c4ccccn4)cs3)c2)cc1. The Bertz CT molecular complexity index is 1370. The van der Waals surface area contributed by atoms with E-state index in [-0.39, 0.29) is 10.5 Å². The summed E-state index contributed by atoms with van der Waals surface area (Å²) < 4.78 is 30.9. The number of nitrogens with zero attached hydrogens (tertiary/aromatic N) is 3. The van der Waals surface area contributed by atoms with Gasteiger partial charge in [0.05, 0.1) is 16.2 Å². The van der Waals surface area contributed by atoms with Crippen LogP contribution in [0.15, 0.2) is 83.2 Å². The van der Waals surface area contributed by atoms with Crippen LogP contribution >= 0.6 is 11.3 Å². The van der Waals surface area contributed by atoms with Crippen LogP contribution < -0.4 is 10.1 Å². The van der Waals surface area contributed by atoms with Gasteiger partial charge in [-0.2, -0.15) is 0 Å². The predicted octanol–water partition coefficient (Wildman–Crippen LogP) is 4.42. The van der Waals surface area contributed by atoms with Crippen LogP contribution in [-0.4, -0.2) is 42.8 Å². The van der Waals surface area contributed by atoms with Crippen molar-refractivity contribution in [1.82, 2.24) is 14.3 Å². The first-order valence-corrected chi connectivity index (χ1v) is 12.1. The zero-order valence-corrected chi connectivity index (χ0v) is 19.4. The maximum absolute atomic E-state index is 12.5. The first kappa shape index (κ1) is 22.6. The van der Waals surface area contributed by atoms with Crippen molar-refractivity contribution in [3.63, 3.8) is 0 Å². The van der Waals surface area contributed by atoms with E-state index in [4.69, 9.17) is 4.74 Å². The standard InChI is InChI=1S/C23H20N4O4S2/c1-27(2)33(29,30)19-11-9-16(10-12-19)22(28)31-18-7-5-6-17(14-18)25-23-26-21(15-32-23)20-8-3-4-13-24-20/h3-15H,1-2H3,(H,25,26). The number of pyridine rings is 1. The Kier molecular flexibility index (Phi) is 6.50. The predicted molar refractivity (Wildman–Crippen MR) is 127 cm³/mol. The largest absolute Gasteiger partial charge is 0.423 e. The van der Waals surface area contributed by atoms with Crippen LogP contribution in [0.4, 0.5) is 10.8 Å². The summed E-state index contributed by atoms with van der Waals surface area (Å²) in [6, 6.07) is 18.2. The van der Waals surface area contributed by atoms with Gasteiger partial charge in [-0.25, -0.2) is 22.5 Å². The molecule has 0 amide bonds. The Balaban J connectivity index is 1.44. The number of esters is 1. The lowest BCUT2D eigenvalue weighted by Gasteiger charge is -2.11. The molecule has 8 nitrogen and oxygen atoms in total. The van der Waals surface area contributed by atoms with Crippen LogP contribution in [0.2, 0.25) is 0 Å². The molecule has 0 spiro atoms. The number of rotatable bonds is 7. The van der Waals surface area contributed by atoms with Crippen LogP contribution in [-0.2, 0) is 10.0 Å². The van der Waals surface area contributed by atoms with Crippen molar-refractivity contribution < 1.29 is 17.9 Å². The molecule has 0 aliphatic rings. The zero-order valence-electron chi connectivity index (χ0n) is 17.8. The second-order valence-corrected chi connectivity index (χ2v) is 10.1. The van der Waals surface area contributed by atoms with Crippen LogP contribution in [0.3, 0.4) is 0 Å². The highest BCUT2D eigenvalue weighted by molar-refractivity contribution is 7.89. The molecule has 0 atom stereocenters. The fraction of sp³-hybridized carbons (Fsp3) is 0.0870. The molecule has 1 N–H and O–H groups in total. The number of hydrogen-bond donors (Lipinski definition) is 1. The molecule has 2 heterocycles. The Morgan fingerprint density at radius 1 is 1.00 bits per heavy atom. The van der Waals surface area contributed by atoms with E-state index in [1.807, 2.05) is 29.6 Å². The van der Waals surface area contributed by atoms with Gasteiger partial charge in [0, 0.05) is 37.4 Å². The molecule has 0 aliphatic carbocycles. The Hall–Kier alpha value is -3.60. The van der Waals surface area contributed by atoms with Gasteiger partial charge >= 0.3 is 5.97 Å².